The lowest BCUT2D eigenvalue weighted by Gasteiger charge is -2.00. The van der Waals surface area contributed by atoms with Gasteiger partial charge in [0.2, 0.25) is 11.8 Å². The van der Waals surface area contributed by atoms with Crippen molar-refractivity contribution in [2.24, 2.45) is 0 Å². The van der Waals surface area contributed by atoms with Crippen LogP contribution < -0.4 is 5.32 Å². The first-order valence-electron chi connectivity index (χ1n) is 6.84. The Balaban J connectivity index is 1.72. The minimum Gasteiger partial charge on any atom is -0.403 e. The molecule has 1 aromatic carbocycles. The van der Waals surface area contributed by atoms with Crippen molar-refractivity contribution < 1.29 is 9.21 Å². The number of hydrogen-bond donors (Lipinski definition) is 1. The number of amides is 1. The first-order valence-corrected chi connectivity index (χ1v) is 7.72. The molecule has 0 saturated carbocycles. The van der Waals surface area contributed by atoms with Crippen LogP contribution in [-0.2, 0) is 11.2 Å². The van der Waals surface area contributed by atoms with Crippen molar-refractivity contribution in [1.82, 2.24) is 10.2 Å². The van der Waals surface area contributed by atoms with Crippen LogP contribution >= 0.6 is 11.3 Å². The van der Waals surface area contributed by atoms with Crippen LogP contribution in [0.15, 0.2) is 40.1 Å². The van der Waals surface area contributed by atoms with E-state index in [4.69, 9.17) is 4.42 Å². The Bertz CT molecular complexity index is 773. The highest BCUT2D eigenvalue weighted by Crippen LogP contribution is 2.22. The number of anilines is 1. The Kier molecular flexibility index (Phi) is 4.02. The van der Waals surface area contributed by atoms with E-state index in [0.29, 0.717) is 12.3 Å². The predicted molar refractivity (Wildman–Crippen MR) is 85.9 cm³/mol. The molecule has 22 heavy (non-hydrogen) atoms. The molecule has 1 N–H and O–H groups in total. The number of nitrogens with zero attached hydrogens (tertiary/aromatic N) is 2. The van der Waals surface area contributed by atoms with Crippen molar-refractivity contribution in [3.05, 3.63) is 51.7 Å². The van der Waals surface area contributed by atoms with Crippen molar-refractivity contribution in [3.8, 4) is 11.5 Å². The molecule has 2 aromatic heterocycles. The topological polar surface area (TPSA) is 68.0 Å². The van der Waals surface area contributed by atoms with Gasteiger partial charge in [0.1, 0.15) is 0 Å². The number of thiophene rings is 1. The van der Waals surface area contributed by atoms with Gasteiger partial charge < -0.3 is 4.42 Å². The van der Waals surface area contributed by atoms with E-state index in [1.165, 1.54) is 11.3 Å². The summed E-state index contributed by atoms with van der Waals surface area (Å²) in [6.45, 7) is 4.02. The number of nitrogens with one attached hydrogen (secondary N) is 1. The Morgan fingerprint density at radius 1 is 1.23 bits per heavy atom. The van der Waals surface area contributed by atoms with Gasteiger partial charge in [-0.15, -0.1) is 16.4 Å². The van der Waals surface area contributed by atoms with Gasteiger partial charge in [-0.25, -0.2) is 0 Å². The predicted octanol–water partition coefficient (Wildman–Crippen LogP) is 3.60. The third kappa shape index (κ3) is 3.40. The van der Waals surface area contributed by atoms with Gasteiger partial charge in [0.05, 0.1) is 6.42 Å². The van der Waals surface area contributed by atoms with Crippen LogP contribution in [0.5, 0.6) is 0 Å². The zero-order valence-corrected chi connectivity index (χ0v) is 13.1. The molecule has 3 aromatic rings. The highest BCUT2D eigenvalue weighted by molar-refractivity contribution is 7.10. The average Bonchev–Trinajstić information content (AvgIpc) is 3.09. The van der Waals surface area contributed by atoms with Gasteiger partial charge in [0, 0.05) is 10.4 Å². The van der Waals surface area contributed by atoms with Gasteiger partial charge in [0.15, 0.2) is 0 Å². The second-order valence-electron chi connectivity index (χ2n) is 5.09. The molecule has 0 saturated heterocycles. The summed E-state index contributed by atoms with van der Waals surface area (Å²) in [4.78, 5) is 12.9. The highest BCUT2D eigenvalue weighted by atomic mass is 32.1. The van der Waals surface area contributed by atoms with E-state index in [1.54, 1.807) is 0 Å². The molecule has 0 fully saturated rings. The summed E-state index contributed by atoms with van der Waals surface area (Å²) >= 11 is 1.54. The number of aromatic nitrogens is 2. The Morgan fingerprint density at radius 3 is 2.68 bits per heavy atom. The maximum absolute atomic E-state index is 11.9. The second-order valence-corrected chi connectivity index (χ2v) is 6.13. The third-order valence-electron chi connectivity index (χ3n) is 3.05. The smallest absolute Gasteiger partial charge is 0.322 e. The third-order valence-corrected chi connectivity index (χ3v) is 3.93. The monoisotopic (exact) mass is 313 g/mol. The quantitative estimate of drug-likeness (QED) is 0.799. The molecule has 112 valence electrons. The van der Waals surface area contributed by atoms with E-state index in [-0.39, 0.29) is 11.9 Å². The fraction of sp³-hybridized carbons (Fsp3) is 0.188. The lowest BCUT2D eigenvalue weighted by molar-refractivity contribution is -0.115. The van der Waals surface area contributed by atoms with Crippen molar-refractivity contribution in [3.63, 3.8) is 0 Å². The molecule has 0 aliphatic carbocycles. The van der Waals surface area contributed by atoms with Gasteiger partial charge in [0.25, 0.3) is 0 Å². The van der Waals surface area contributed by atoms with Gasteiger partial charge in [-0.05, 0) is 37.4 Å². The van der Waals surface area contributed by atoms with Crippen LogP contribution in [0.4, 0.5) is 6.01 Å². The first-order chi connectivity index (χ1) is 10.6. The van der Waals surface area contributed by atoms with Crippen LogP contribution in [0.2, 0.25) is 0 Å². The van der Waals surface area contributed by atoms with E-state index >= 15 is 0 Å². The van der Waals surface area contributed by atoms with E-state index in [9.17, 15) is 4.79 Å². The molecule has 2 heterocycles. The summed E-state index contributed by atoms with van der Waals surface area (Å²) in [5, 5.41) is 12.4. The van der Waals surface area contributed by atoms with Crippen molar-refractivity contribution >= 4 is 23.3 Å². The van der Waals surface area contributed by atoms with Gasteiger partial charge in [-0.2, -0.15) is 0 Å². The van der Waals surface area contributed by atoms with E-state index < -0.39 is 0 Å². The summed E-state index contributed by atoms with van der Waals surface area (Å²) in [6.07, 6.45) is 0.304. The van der Waals surface area contributed by atoms with Crippen LogP contribution in [0.25, 0.3) is 11.5 Å². The summed E-state index contributed by atoms with van der Waals surface area (Å²) in [5.41, 5.74) is 3.09. The highest BCUT2D eigenvalue weighted by Gasteiger charge is 2.12. The van der Waals surface area contributed by atoms with Crippen LogP contribution in [-0.4, -0.2) is 16.1 Å². The zero-order chi connectivity index (χ0) is 15.5. The van der Waals surface area contributed by atoms with E-state index in [2.05, 4.69) is 21.6 Å². The van der Waals surface area contributed by atoms with Gasteiger partial charge in [-0.3, -0.25) is 10.1 Å². The Morgan fingerprint density at radius 2 is 2.00 bits per heavy atom. The molecule has 0 unspecified atom stereocenters. The summed E-state index contributed by atoms with van der Waals surface area (Å²) in [7, 11) is 0. The largest absolute Gasteiger partial charge is 0.403 e. The fourth-order valence-corrected chi connectivity index (χ4v) is 2.93. The molecular formula is C16H15N3O2S. The maximum atomic E-state index is 11.9. The second kappa shape index (κ2) is 6.11. The first kappa shape index (κ1) is 14.5. The molecule has 3 rings (SSSR count). The summed E-state index contributed by atoms with van der Waals surface area (Å²) in [5.74, 6) is 0.233. The average molecular weight is 313 g/mol. The molecule has 0 spiro atoms. The summed E-state index contributed by atoms with van der Waals surface area (Å²) < 4.78 is 5.52. The van der Waals surface area contributed by atoms with Crippen LogP contribution in [0.1, 0.15) is 16.0 Å². The summed E-state index contributed by atoms with van der Waals surface area (Å²) in [6, 6.07) is 9.96. The molecule has 0 aliphatic rings. The van der Waals surface area contributed by atoms with Crippen molar-refractivity contribution in [2.75, 3.05) is 5.32 Å². The molecule has 0 radical (unpaired) electrons. The molecule has 0 bridgehead atoms. The van der Waals surface area contributed by atoms with Crippen LogP contribution in [0, 0.1) is 13.8 Å². The van der Waals surface area contributed by atoms with E-state index in [1.807, 2.05) is 43.5 Å². The Hall–Kier alpha value is -2.47. The number of carbonyl (C=O) groups is 1. The zero-order valence-electron chi connectivity index (χ0n) is 12.3. The number of benzene rings is 1. The standard InChI is InChI=1S/C16H15N3O2S/c1-10-6-11(2)8-12(7-10)15-18-19-16(21-15)17-14(20)9-13-4-3-5-22-13/h3-8H,9H2,1-2H3,(H,17,19,20). The minimum absolute atomic E-state index is 0.121. The molecular weight excluding hydrogens is 298 g/mol. The lowest BCUT2D eigenvalue weighted by atomic mass is 10.1. The number of rotatable bonds is 4. The fourth-order valence-electron chi connectivity index (χ4n) is 2.22. The Labute approximate surface area is 132 Å². The number of hydrogen-bond acceptors (Lipinski definition) is 5. The molecule has 1 amide bonds. The number of aryl methyl sites for hydroxylation is 2. The molecule has 6 heteroatoms. The normalized spacial score (nSPS) is 10.6. The van der Waals surface area contributed by atoms with Crippen LogP contribution in [0.3, 0.4) is 0 Å². The SMILES string of the molecule is Cc1cc(C)cc(-c2nnc(NC(=O)Cc3cccs3)o2)c1. The van der Waals surface area contributed by atoms with Crippen molar-refractivity contribution in [2.45, 2.75) is 20.3 Å². The van der Waals surface area contributed by atoms with Gasteiger partial charge >= 0.3 is 6.01 Å². The molecule has 0 atom stereocenters. The van der Waals surface area contributed by atoms with E-state index in [0.717, 1.165) is 21.6 Å². The van der Waals surface area contributed by atoms with Crippen molar-refractivity contribution in [1.29, 1.82) is 0 Å². The van der Waals surface area contributed by atoms with Gasteiger partial charge in [-0.1, -0.05) is 28.4 Å². The molecule has 5 nitrogen and oxygen atoms in total. The maximum Gasteiger partial charge on any atom is 0.322 e. The minimum atomic E-state index is -0.168. The molecule has 0 aliphatic heterocycles. The number of carbonyl (C=O) groups excluding carboxylic acids is 1. The lowest BCUT2D eigenvalue weighted by Crippen LogP contribution is -2.13.